The van der Waals surface area contributed by atoms with Crippen molar-refractivity contribution in [2.24, 2.45) is 0 Å². The predicted octanol–water partition coefficient (Wildman–Crippen LogP) is 1.67. The van der Waals surface area contributed by atoms with Crippen molar-refractivity contribution in [1.82, 2.24) is 25.2 Å². The first-order valence-corrected chi connectivity index (χ1v) is 5.88. The van der Waals surface area contributed by atoms with E-state index >= 15 is 0 Å². The van der Waals surface area contributed by atoms with Crippen molar-refractivity contribution < 1.29 is 0 Å². The number of pyridine rings is 1. The number of hydrogen-bond donors (Lipinski definition) is 1. The zero-order valence-corrected chi connectivity index (χ0v) is 10.1. The van der Waals surface area contributed by atoms with Gasteiger partial charge in [-0.3, -0.25) is 4.98 Å². The molecule has 0 amide bonds. The second kappa shape index (κ2) is 5.26. The van der Waals surface area contributed by atoms with Crippen LogP contribution in [-0.4, -0.2) is 25.2 Å². The SMILES string of the molecule is c1cncc(CNc2ccc(-n3cnnn3)cc2)c1. The summed E-state index contributed by atoms with van der Waals surface area (Å²) in [6, 6.07) is 11.9. The lowest BCUT2D eigenvalue weighted by Gasteiger charge is -2.07. The molecule has 2 heterocycles. The van der Waals surface area contributed by atoms with Gasteiger partial charge in [0.2, 0.25) is 0 Å². The standard InChI is InChI=1S/C13H12N6/c1-2-11(8-14-7-1)9-15-12-3-5-13(6-4-12)19-10-16-17-18-19/h1-8,10,15H,9H2. The van der Waals surface area contributed by atoms with Crippen LogP contribution in [0.4, 0.5) is 5.69 Å². The molecule has 0 saturated carbocycles. The molecule has 6 heteroatoms. The first-order chi connectivity index (χ1) is 9.42. The number of hydrogen-bond acceptors (Lipinski definition) is 5. The minimum atomic E-state index is 0.748. The molecule has 0 saturated heterocycles. The van der Waals surface area contributed by atoms with Gasteiger partial charge in [0.1, 0.15) is 6.33 Å². The normalized spacial score (nSPS) is 10.3. The van der Waals surface area contributed by atoms with Gasteiger partial charge in [-0.1, -0.05) is 6.07 Å². The lowest BCUT2D eigenvalue weighted by molar-refractivity contribution is 0.789. The number of rotatable bonds is 4. The van der Waals surface area contributed by atoms with Gasteiger partial charge in [-0.2, -0.15) is 0 Å². The Morgan fingerprint density at radius 2 is 2.00 bits per heavy atom. The van der Waals surface area contributed by atoms with E-state index < -0.39 is 0 Å². The first kappa shape index (κ1) is 11.3. The molecule has 0 unspecified atom stereocenters. The van der Waals surface area contributed by atoms with Gasteiger partial charge in [0.25, 0.3) is 0 Å². The van der Waals surface area contributed by atoms with Crippen molar-refractivity contribution >= 4 is 5.69 Å². The Hall–Kier alpha value is -2.76. The van der Waals surface area contributed by atoms with Crippen LogP contribution in [0.3, 0.4) is 0 Å². The summed E-state index contributed by atoms with van der Waals surface area (Å²) >= 11 is 0. The minimum Gasteiger partial charge on any atom is -0.381 e. The molecule has 0 radical (unpaired) electrons. The summed E-state index contributed by atoms with van der Waals surface area (Å²) in [7, 11) is 0. The molecule has 6 nitrogen and oxygen atoms in total. The highest BCUT2D eigenvalue weighted by atomic mass is 15.5. The molecule has 0 atom stereocenters. The highest BCUT2D eigenvalue weighted by Gasteiger charge is 1.98. The van der Waals surface area contributed by atoms with Gasteiger partial charge >= 0.3 is 0 Å². The van der Waals surface area contributed by atoms with E-state index in [1.54, 1.807) is 17.2 Å². The highest BCUT2D eigenvalue weighted by Crippen LogP contribution is 2.12. The van der Waals surface area contributed by atoms with Gasteiger partial charge in [0.15, 0.2) is 0 Å². The van der Waals surface area contributed by atoms with Gasteiger partial charge in [-0.15, -0.1) is 5.10 Å². The van der Waals surface area contributed by atoms with Crippen molar-refractivity contribution in [3.8, 4) is 5.69 Å². The fourth-order valence-corrected chi connectivity index (χ4v) is 1.72. The first-order valence-electron chi connectivity index (χ1n) is 5.88. The van der Waals surface area contributed by atoms with Gasteiger partial charge in [0, 0.05) is 24.6 Å². The molecular formula is C13H12N6. The second-order valence-electron chi connectivity index (χ2n) is 4.02. The predicted molar refractivity (Wildman–Crippen MR) is 70.7 cm³/mol. The van der Waals surface area contributed by atoms with E-state index in [1.165, 1.54) is 0 Å². The molecule has 0 aliphatic rings. The summed E-state index contributed by atoms with van der Waals surface area (Å²) in [4.78, 5) is 4.08. The van der Waals surface area contributed by atoms with Gasteiger partial charge in [-0.25, -0.2) is 4.68 Å². The third kappa shape index (κ3) is 2.74. The summed E-state index contributed by atoms with van der Waals surface area (Å²) in [5.41, 5.74) is 3.12. The zero-order valence-electron chi connectivity index (χ0n) is 10.1. The lowest BCUT2D eigenvalue weighted by atomic mass is 10.2. The third-order valence-electron chi connectivity index (χ3n) is 2.70. The Labute approximate surface area is 110 Å². The van der Waals surface area contributed by atoms with E-state index in [0.29, 0.717) is 0 Å². The van der Waals surface area contributed by atoms with Crippen LogP contribution in [0, 0.1) is 0 Å². The molecule has 0 spiro atoms. The van der Waals surface area contributed by atoms with Crippen LogP contribution in [0.25, 0.3) is 5.69 Å². The van der Waals surface area contributed by atoms with E-state index in [1.807, 2.05) is 42.6 Å². The van der Waals surface area contributed by atoms with Crippen LogP contribution in [-0.2, 0) is 6.54 Å². The molecular weight excluding hydrogens is 240 g/mol. The Bertz CT molecular complexity index is 618. The number of benzene rings is 1. The maximum absolute atomic E-state index is 4.08. The molecule has 0 bridgehead atoms. The largest absolute Gasteiger partial charge is 0.381 e. The second-order valence-corrected chi connectivity index (χ2v) is 4.02. The number of nitrogens with one attached hydrogen (secondary N) is 1. The van der Waals surface area contributed by atoms with E-state index in [9.17, 15) is 0 Å². The fourth-order valence-electron chi connectivity index (χ4n) is 1.72. The molecule has 1 aromatic carbocycles. The van der Waals surface area contributed by atoms with Crippen LogP contribution < -0.4 is 5.32 Å². The summed E-state index contributed by atoms with van der Waals surface area (Å²) in [5, 5.41) is 14.4. The molecule has 0 aliphatic carbocycles. The smallest absolute Gasteiger partial charge is 0.143 e. The third-order valence-corrected chi connectivity index (χ3v) is 2.70. The van der Waals surface area contributed by atoms with E-state index in [-0.39, 0.29) is 0 Å². The minimum absolute atomic E-state index is 0.748. The van der Waals surface area contributed by atoms with Crippen molar-refractivity contribution in [3.05, 3.63) is 60.7 Å². The molecule has 19 heavy (non-hydrogen) atoms. The Morgan fingerprint density at radius 1 is 1.11 bits per heavy atom. The molecule has 0 fully saturated rings. The molecule has 3 rings (SSSR count). The van der Waals surface area contributed by atoms with Crippen LogP contribution in [0.2, 0.25) is 0 Å². The maximum atomic E-state index is 4.08. The summed E-state index contributed by atoms with van der Waals surface area (Å²) in [5.74, 6) is 0. The summed E-state index contributed by atoms with van der Waals surface area (Å²) < 4.78 is 1.62. The number of nitrogens with zero attached hydrogens (tertiary/aromatic N) is 5. The van der Waals surface area contributed by atoms with Crippen molar-refractivity contribution in [1.29, 1.82) is 0 Å². The molecule has 1 N–H and O–H groups in total. The van der Waals surface area contributed by atoms with Crippen molar-refractivity contribution in [2.75, 3.05) is 5.32 Å². The topological polar surface area (TPSA) is 68.5 Å². The number of aromatic nitrogens is 5. The summed E-state index contributed by atoms with van der Waals surface area (Å²) in [6.45, 7) is 0.748. The molecule has 0 aliphatic heterocycles. The molecule has 94 valence electrons. The van der Waals surface area contributed by atoms with E-state index in [0.717, 1.165) is 23.5 Å². The monoisotopic (exact) mass is 252 g/mol. The van der Waals surface area contributed by atoms with Gasteiger partial charge in [-0.05, 0) is 46.3 Å². The van der Waals surface area contributed by atoms with Crippen LogP contribution in [0.1, 0.15) is 5.56 Å². The van der Waals surface area contributed by atoms with Gasteiger partial charge < -0.3 is 5.32 Å². The van der Waals surface area contributed by atoms with Crippen LogP contribution in [0.5, 0.6) is 0 Å². The summed E-state index contributed by atoms with van der Waals surface area (Å²) in [6.07, 6.45) is 5.19. The number of anilines is 1. The average molecular weight is 252 g/mol. The molecule has 2 aromatic heterocycles. The van der Waals surface area contributed by atoms with Crippen molar-refractivity contribution in [3.63, 3.8) is 0 Å². The Kier molecular flexibility index (Phi) is 3.14. The number of tetrazole rings is 1. The Morgan fingerprint density at radius 3 is 2.68 bits per heavy atom. The zero-order chi connectivity index (χ0) is 12.9. The fraction of sp³-hybridized carbons (Fsp3) is 0.0769. The Balaban J connectivity index is 1.67. The van der Waals surface area contributed by atoms with Crippen molar-refractivity contribution in [2.45, 2.75) is 6.54 Å². The maximum Gasteiger partial charge on any atom is 0.143 e. The van der Waals surface area contributed by atoms with E-state index in [4.69, 9.17) is 0 Å². The quantitative estimate of drug-likeness (QED) is 0.765. The van der Waals surface area contributed by atoms with Crippen LogP contribution in [0.15, 0.2) is 55.1 Å². The lowest BCUT2D eigenvalue weighted by Crippen LogP contribution is -2.00. The average Bonchev–Trinajstić information content (AvgIpc) is 3.01. The molecule has 3 aromatic rings. The van der Waals surface area contributed by atoms with Gasteiger partial charge in [0.05, 0.1) is 5.69 Å². The highest BCUT2D eigenvalue weighted by molar-refractivity contribution is 5.48. The van der Waals surface area contributed by atoms with Crippen LogP contribution >= 0.6 is 0 Å². The van der Waals surface area contributed by atoms with E-state index in [2.05, 4.69) is 25.8 Å².